The van der Waals surface area contributed by atoms with Gasteiger partial charge in [-0.3, -0.25) is 4.68 Å². The lowest BCUT2D eigenvalue weighted by Gasteiger charge is -2.08. The number of nitrogens with one attached hydrogen (secondary N) is 1. The van der Waals surface area contributed by atoms with Crippen LogP contribution in [0.5, 0.6) is 0 Å². The summed E-state index contributed by atoms with van der Waals surface area (Å²) in [5, 5.41) is 9.47. The third kappa shape index (κ3) is 4.55. The molecule has 4 heteroatoms. The minimum Gasteiger partial charge on any atom is -0.377 e. The molecule has 116 valence electrons. The van der Waals surface area contributed by atoms with Gasteiger partial charge in [-0.05, 0) is 32.4 Å². The molecule has 0 aliphatic heterocycles. The molecular formula is C17H27N3O. The van der Waals surface area contributed by atoms with Crippen LogP contribution in [0.4, 0.5) is 0 Å². The normalized spacial score (nSPS) is 11.9. The molecule has 0 amide bonds. The lowest BCUT2D eigenvalue weighted by molar-refractivity contribution is 0.0715. The molecule has 0 fully saturated rings. The van der Waals surface area contributed by atoms with Crippen molar-refractivity contribution >= 4 is 10.9 Å². The van der Waals surface area contributed by atoms with Crippen molar-refractivity contribution in [2.75, 3.05) is 13.2 Å². The Kier molecular flexibility index (Phi) is 5.76. The van der Waals surface area contributed by atoms with Crippen molar-refractivity contribution in [2.24, 2.45) is 5.92 Å². The lowest BCUT2D eigenvalue weighted by atomic mass is 10.2. The van der Waals surface area contributed by atoms with Crippen molar-refractivity contribution in [1.29, 1.82) is 0 Å². The highest BCUT2D eigenvalue weighted by Crippen LogP contribution is 2.18. The van der Waals surface area contributed by atoms with E-state index in [0.717, 1.165) is 25.3 Å². The van der Waals surface area contributed by atoms with Gasteiger partial charge in [-0.2, -0.15) is 5.10 Å². The van der Waals surface area contributed by atoms with Crippen LogP contribution in [0.2, 0.25) is 0 Å². The van der Waals surface area contributed by atoms with Crippen LogP contribution in [-0.4, -0.2) is 29.0 Å². The second-order valence-corrected chi connectivity index (χ2v) is 6.13. The Balaban J connectivity index is 2.10. The summed E-state index contributed by atoms with van der Waals surface area (Å²) in [4.78, 5) is 0. The average Bonchev–Trinajstić information content (AvgIpc) is 2.77. The molecule has 2 aromatic rings. The van der Waals surface area contributed by atoms with E-state index < -0.39 is 0 Å². The van der Waals surface area contributed by atoms with Gasteiger partial charge in [-0.25, -0.2) is 0 Å². The topological polar surface area (TPSA) is 39.1 Å². The fourth-order valence-corrected chi connectivity index (χ4v) is 2.35. The Morgan fingerprint density at radius 3 is 2.67 bits per heavy atom. The maximum Gasteiger partial charge on any atom is 0.0841 e. The summed E-state index contributed by atoms with van der Waals surface area (Å²) >= 11 is 0. The molecule has 0 spiro atoms. The molecule has 1 aromatic carbocycles. The van der Waals surface area contributed by atoms with Gasteiger partial charge in [0.25, 0.3) is 0 Å². The third-order valence-corrected chi connectivity index (χ3v) is 3.33. The summed E-state index contributed by atoms with van der Waals surface area (Å²) in [5.41, 5.74) is 2.31. The molecule has 2 rings (SSSR count). The molecule has 0 bridgehead atoms. The van der Waals surface area contributed by atoms with Crippen LogP contribution in [0.3, 0.4) is 0 Å². The van der Waals surface area contributed by atoms with Gasteiger partial charge in [0.1, 0.15) is 0 Å². The molecule has 0 aliphatic rings. The van der Waals surface area contributed by atoms with Crippen molar-refractivity contribution in [1.82, 2.24) is 15.1 Å². The quantitative estimate of drug-likeness (QED) is 0.811. The monoisotopic (exact) mass is 289 g/mol. The first-order chi connectivity index (χ1) is 10.1. The highest BCUT2D eigenvalue weighted by atomic mass is 16.5. The van der Waals surface area contributed by atoms with Gasteiger partial charge >= 0.3 is 0 Å². The largest absolute Gasteiger partial charge is 0.377 e. The van der Waals surface area contributed by atoms with Crippen LogP contribution in [0.25, 0.3) is 10.9 Å². The van der Waals surface area contributed by atoms with E-state index in [9.17, 15) is 0 Å². The van der Waals surface area contributed by atoms with Gasteiger partial charge in [0.15, 0.2) is 0 Å². The van der Waals surface area contributed by atoms with E-state index in [0.29, 0.717) is 12.5 Å². The van der Waals surface area contributed by atoms with Crippen molar-refractivity contribution in [3.8, 4) is 0 Å². The van der Waals surface area contributed by atoms with Gasteiger partial charge in [-0.1, -0.05) is 32.0 Å². The Morgan fingerprint density at radius 1 is 1.19 bits per heavy atom. The van der Waals surface area contributed by atoms with Gasteiger partial charge in [-0.15, -0.1) is 0 Å². The van der Waals surface area contributed by atoms with Crippen LogP contribution in [0.1, 0.15) is 33.4 Å². The second-order valence-electron chi connectivity index (χ2n) is 6.13. The van der Waals surface area contributed by atoms with Crippen LogP contribution >= 0.6 is 0 Å². The molecule has 4 nitrogen and oxygen atoms in total. The summed E-state index contributed by atoms with van der Waals surface area (Å²) in [6, 6.07) is 8.41. The summed E-state index contributed by atoms with van der Waals surface area (Å²) in [6.45, 7) is 11.9. The summed E-state index contributed by atoms with van der Waals surface area (Å²) in [6.07, 6.45) is 0.263. The SMILES string of the molecule is CC(C)CNCc1nn(CCOC(C)C)c2ccccc12. The van der Waals surface area contributed by atoms with Crippen LogP contribution in [-0.2, 0) is 17.8 Å². The van der Waals surface area contributed by atoms with E-state index >= 15 is 0 Å². The number of nitrogens with zero attached hydrogens (tertiary/aromatic N) is 2. The van der Waals surface area contributed by atoms with Crippen molar-refractivity contribution in [2.45, 2.75) is 46.9 Å². The number of benzene rings is 1. The van der Waals surface area contributed by atoms with E-state index in [1.54, 1.807) is 0 Å². The van der Waals surface area contributed by atoms with Gasteiger partial charge in [0.05, 0.1) is 30.5 Å². The van der Waals surface area contributed by atoms with Crippen molar-refractivity contribution in [3.63, 3.8) is 0 Å². The standard InChI is InChI=1S/C17H27N3O/c1-13(2)11-18-12-16-15-7-5-6-8-17(15)20(19-16)9-10-21-14(3)4/h5-8,13-14,18H,9-12H2,1-4H3. The van der Waals surface area contributed by atoms with Crippen molar-refractivity contribution < 1.29 is 4.74 Å². The number of fused-ring (bicyclic) bond motifs is 1. The first-order valence-corrected chi connectivity index (χ1v) is 7.84. The summed E-state index contributed by atoms with van der Waals surface area (Å²) < 4.78 is 7.70. The first kappa shape index (κ1) is 16.0. The van der Waals surface area contributed by atoms with Crippen LogP contribution < -0.4 is 5.32 Å². The van der Waals surface area contributed by atoms with Crippen LogP contribution in [0.15, 0.2) is 24.3 Å². The average molecular weight is 289 g/mol. The van der Waals surface area contributed by atoms with Crippen molar-refractivity contribution in [3.05, 3.63) is 30.0 Å². The molecule has 1 heterocycles. The molecule has 0 saturated heterocycles. The van der Waals surface area contributed by atoms with Gasteiger partial charge < -0.3 is 10.1 Å². The number of hydrogen-bond acceptors (Lipinski definition) is 3. The highest BCUT2D eigenvalue weighted by Gasteiger charge is 2.10. The van der Waals surface area contributed by atoms with Gasteiger partial charge in [0, 0.05) is 11.9 Å². The summed E-state index contributed by atoms with van der Waals surface area (Å²) in [7, 11) is 0. The number of hydrogen-bond donors (Lipinski definition) is 1. The predicted molar refractivity (Wildman–Crippen MR) is 87.4 cm³/mol. The smallest absolute Gasteiger partial charge is 0.0841 e. The molecule has 0 aliphatic carbocycles. The molecule has 0 saturated carbocycles. The zero-order valence-electron chi connectivity index (χ0n) is 13.6. The number of para-hydroxylation sites is 1. The molecule has 1 N–H and O–H groups in total. The fraction of sp³-hybridized carbons (Fsp3) is 0.588. The Hall–Kier alpha value is -1.39. The number of rotatable bonds is 8. The van der Waals surface area contributed by atoms with E-state index in [1.807, 2.05) is 0 Å². The maximum absolute atomic E-state index is 5.64. The van der Waals surface area contributed by atoms with E-state index in [4.69, 9.17) is 9.84 Å². The fourth-order valence-electron chi connectivity index (χ4n) is 2.35. The Morgan fingerprint density at radius 2 is 1.95 bits per heavy atom. The molecular weight excluding hydrogens is 262 g/mol. The predicted octanol–water partition coefficient (Wildman–Crippen LogP) is 3.21. The zero-order chi connectivity index (χ0) is 15.2. The highest BCUT2D eigenvalue weighted by molar-refractivity contribution is 5.81. The van der Waals surface area contributed by atoms with E-state index in [2.05, 4.69) is 62.0 Å². The number of aromatic nitrogens is 2. The lowest BCUT2D eigenvalue weighted by Crippen LogP contribution is -2.19. The van der Waals surface area contributed by atoms with Crippen LogP contribution in [0, 0.1) is 5.92 Å². The Labute approximate surface area is 127 Å². The first-order valence-electron chi connectivity index (χ1n) is 7.84. The Bertz CT molecular complexity index is 512. The molecule has 0 atom stereocenters. The van der Waals surface area contributed by atoms with E-state index in [1.165, 1.54) is 10.9 Å². The minimum absolute atomic E-state index is 0.263. The molecule has 0 radical (unpaired) electrons. The maximum atomic E-state index is 5.64. The third-order valence-electron chi connectivity index (χ3n) is 3.33. The molecule has 1 aromatic heterocycles. The zero-order valence-corrected chi connectivity index (χ0v) is 13.6. The van der Waals surface area contributed by atoms with E-state index in [-0.39, 0.29) is 6.10 Å². The van der Waals surface area contributed by atoms with Gasteiger partial charge in [0.2, 0.25) is 0 Å². The second kappa shape index (κ2) is 7.57. The minimum atomic E-state index is 0.263. The number of ether oxygens (including phenoxy) is 1. The summed E-state index contributed by atoms with van der Waals surface area (Å²) in [5.74, 6) is 0.651. The molecule has 21 heavy (non-hydrogen) atoms. The molecule has 0 unspecified atom stereocenters.